The van der Waals surface area contributed by atoms with Gasteiger partial charge in [-0.1, -0.05) is 44.2 Å². The number of nitrogens with one attached hydrogen (secondary N) is 1. The van der Waals surface area contributed by atoms with Crippen LogP contribution < -0.4 is 10.1 Å². The molecule has 1 saturated heterocycles. The van der Waals surface area contributed by atoms with Crippen molar-refractivity contribution in [3.8, 4) is 5.75 Å². The molecule has 2 aromatic carbocycles. The zero-order valence-electron chi connectivity index (χ0n) is 33.7. The molecule has 3 rings (SSSR count). The number of carbonyl (C=O) groups is 6. The summed E-state index contributed by atoms with van der Waals surface area (Å²) in [5.74, 6) is -3.68. The molecule has 5 atom stereocenters. The summed E-state index contributed by atoms with van der Waals surface area (Å²) in [5.41, 5.74) is 2.56. The molecule has 1 aliphatic rings. The molecule has 1 fully saturated rings. The van der Waals surface area contributed by atoms with Crippen molar-refractivity contribution in [3.63, 3.8) is 0 Å². The number of aryl methyl sites for hydroxylation is 1. The van der Waals surface area contributed by atoms with Gasteiger partial charge in [-0.2, -0.15) is 0 Å². The Morgan fingerprint density at radius 2 is 1.58 bits per heavy atom. The Kier molecular flexibility index (Phi) is 14.9. The number of carboxylic acid groups (broad SMARTS) is 1. The summed E-state index contributed by atoms with van der Waals surface area (Å²) >= 11 is 0. The summed E-state index contributed by atoms with van der Waals surface area (Å²) in [6, 6.07) is 9.57. The van der Waals surface area contributed by atoms with Crippen molar-refractivity contribution in [2.75, 3.05) is 6.61 Å². The van der Waals surface area contributed by atoms with Crippen LogP contribution in [0, 0.1) is 12.3 Å². The number of aliphatic carboxylic acids is 1. The predicted molar refractivity (Wildman–Crippen MR) is 203 cm³/mol. The quantitative estimate of drug-likeness (QED) is 0.118. The molecule has 1 amide bonds. The van der Waals surface area contributed by atoms with Gasteiger partial charge in [-0.25, -0.2) is 4.79 Å². The molecule has 13 nitrogen and oxygen atoms in total. The van der Waals surface area contributed by atoms with Gasteiger partial charge >= 0.3 is 29.8 Å². The van der Waals surface area contributed by atoms with Crippen molar-refractivity contribution in [2.45, 2.75) is 131 Å². The second-order valence-electron chi connectivity index (χ2n) is 15.2. The summed E-state index contributed by atoms with van der Waals surface area (Å²) in [6.07, 6.45) is 0.926. The molecule has 2 N–H and O–H groups in total. The maximum atomic E-state index is 13.0. The lowest BCUT2D eigenvalue weighted by Gasteiger charge is -2.41. The van der Waals surface area contributed by atoms with E-state index in [0.717, 1.165) is 34.2 Å². The normalized spacial score (nSPS) is 19.3. The molecule has 300 valence electrons. The Morgan fingerprint density at radius 1 is 0.927 bits per heavy atom. The number of carbonyl (C=O) groups excluding carboxylic acids is 5. The summed E-state index contributed by atoms with van der Waals surface area (Å²) in [7, 11) is 0. The van der Waals surface area contributed by atoms with Crippen LogP contribution in [0.25, 0.3) is 6.08 Å². The van der Waals surface area contributed by atoms with Crippen molar-refractivity contribution >= 4 is 41.8 Å². The standard InChI is InChI=1S/C42H55NO12/c1-12-23(2)33-21-35(52-26(5)45)34(37-38(54-28(7)47)36(53-27(6)46)20-32(55-37)22-51-25(4)44)19-31(33)18-30-14-13-29(17-24(30)3)15-16-41(8,9)39(48)43-42(10,11)40(49)50/h13-17,19,21,23,32,36-38H,12,18,20,22H2,1-11H3,(H,43,48)(H,49,50)/b16-15+/t23?,32-,36-,37-,38+/m0/s1. The van der Waals surface area contributed by atoms with Crippen LogP contribution in [0.4, 0.5) is 0 Å². The van der Waals surface area contributed by atoms with E-state index in [4.69, 9.17) is 23.7 Å². The van der Waals surface area contributed by atoms with Gasteiger partial charge < -0.3 is 34.1 Å². The molecular weight excluding hydrogens is 710 g/mol. The first-order valence-corrected chi connectivity index (χ1v) is 18.4. The van der Waals surface area contributed by atoms with Gasteiger partial charge in [0.1, 0.15) is 30.1 Å². The minimum atomic E-state index is -1.43. The van der Waals surface area contributed by atoms with E-state index in [9.17, 15) is 33.9 Å². The average Bonchev–Trinajstić information content (AvgIpc) is 3.07. The largest absolute Gasteiger partial charge is 0.480 e. The second-order valence-corrected chi connectivity index (χ2v) is 15.2. The van der Waals surface area contributed by atoms with Crippen LogP contribution in [0.1, 0.15) is 127 Å². The van der Waals surface area contributed by atoms with Crippen LogP contribution in [0.2, 0.25) is 0 Å². The molecule has 1 unspecified atom stereocenters. The van der Waals surface area contributed by atoms with Crippen LogP contribution in [-0.2, 0) is 54.1 Å². The predicted octanol–water partition coefficient (Wildman–Crippen LogP) is 6.30. The molecule has 55 heavy (non-hydrogen) atoms. The molecule has 2 aromatic rings. The molecular formula is C42H55NO12. The summed E-state index contributed by atoms with van der Waals surface area (Å²) in [4.78, 5) is 73.4. The summed E-state index contributed by atoms with van der Waals surface area (Å²) < 4.78 is 28.9. The van der Waals surface area contributed by atoms with Crippen molar-refractivity contribution in [1.29, 1.82) is 0 Å². The number of rotatable bonds is 15. The Morgan fingerprint density at radius 3 is 2.13 bits per heavy atom. The fraction of sp³-hybridized carbons (Fsp3) is 0.524. The smallest absolute Gasteiger partial charge is 0.328 e. The van der Waals surface area contributed by atoms with Crippen LogP contribution in [0.3, 0.4) is 0 Å². The molecule has 0 spiro atoms. The number of benzene rings is 2. The highest BCUT2D eigenvalue weighted by Gasteiger charge is 2.45. The van der Waals surface area contributed by atoms with Crippen LogP contribution in [-0.4, -0.2) is 71.3 Å². The topological polar surface area (TPSA) is 181 Å². The van der Waals surface area contributed by atoms with E-state index in [1.54, 1.807) is 26.0 Å². The molecule has 0 aliphatic carbocycles. The zero-order chi connectivity index (χ0) is 41.4. The van der Waals surface area contributed by atoms with Gasteiger partial charge in [0.2, 0.25) is 5.91 Å². The van der Waals surface area contributed by atoms with E-state index in [1.807, 2.05) is 37.3 Å². The molecule has 13 heteroatoms. The Balaban J connectivity index is 2.12. The number of hydrogen-bond donors (Lipinski definition) is 2. The third-order valence-corrected chi connectivity index (χ3v) is 9.55. The van der Waals surface area contributed by atoms with Gasteiger partial charge in [0.15, 0.2) is 6.10 Å². The zero-order valence-corrected chi connectivity index (χ0v) is 33.7. The van der Waals surface area contributed by atoms with E-state index in [0.29, 0.717) is 12.0 Å². The lowest BCUT2D eigenvalue weighted by molar-refractivity contribution is -0.214. The van der Waals surface area contributed by atoms with Gasteiger partial charge in [0.25, 0.3) is 0 Å². The maximum Gasteiger partial charge on any atom is 0.328 e. The van der Waals surface area contributed by atoms with Crippen LogP contribution in [0.15, 0.2) is 36.4 Å². The van der Waals surface area contributed by atoms with Gasteiger partial charge in [-0.3, -0.25) is 24.0 Å². The average molecular weight is 766 g/mol. The first-order valence-electron chi connectivity index (χ1n) is 18.4. The highest BCUT2D eigenvalue weighted by atomic mass is 16.6. The number of ether oxygens (including phenoxy) is 5. The number of esters is 4. The Labute approximate surface area is 323 Å². The highest BCUT2D eigenvalue weighted by Crippen LogP contribution is 2.43. The maximum absolute atomic E-state index is 13.0. The summed E-state index contributed by atoms with van der Waals surface area (Å²) in [5, 5.41) is 12.0. The van der Waals surface area contributed by atoms with Crippen LogP contribution in [0.5, 0.6) is 5.75 Å². The minimum absolute atomic E-state index is 0.0439. The fourth-order valence-corrected chi connectivity index (χ4v) is 6.22. The number of amides is 1. The minimum Gasteiger partial charge on any atom is -0.480 e. The lowest BCUT2D eigenvalue weighted by Crippen LogP contribution is -2.53. The van der Waals surface area contributed by atoms with Gasteiger partial charge in [-0.05, 0) is 93.3 Å². The molecule has 0 radical (unpaired) electrons. The van der Waals surface area contributed by atoms with E-state index >= 15 is 0 Å². The summed E-state index contributed by atoms with van der Waals surface area (Å²) in [6.45, 7) is 17.2. The molecule has 0 aromatic heterocycles. The lowest BCUT2D eigenvalue weighted by atomic mass is 9.84. The molecule has 0 bridgehead atoms. The van der Waals surface area contributed by atoms with E-state index in [1.165, 1.54) is 41.5 Å². The monoisotopic (exact) mass is 765 g/mol. The van der Waals surface area contributed by atoms with Gasteiger partial charge in [0, 0.05) is 39.7 Å². The van der Waals surface area contributed by atoms with E-state index in [-0.39, 0.29) is 24.7 Å². The van der Waals surface area contributed by atoms with Gasteiger partial charge in [-0.15, -0.1) is 0 Å². The third-order valence-electron chi connectivity index (χ3n) is 9.55. The van der Waals surface area contributed by atoms with E-state index < -0.39 is 71.1 Å². The Bertz CT molecular complexity index is 1810. The number of carboxylic acids is 1. The van der Waals surface area contributed by atoms with Gasteiger partial charge in [0.05, 0.1) is 11.5 Å². The van der Waals surface area contributed by atoms with Crippen molar-refractivity contribution in [3.05, 3.63) is 69.8 Å². The Hall–Kier alpha value is -5.04. The third kappa shape index (κ3) is 12.2. The van der Waals surface area contributed by atoms with Crippen molar-refractivity contribution in [1.82, 2.24) is 5.32 Å². The SMILES string of the molecule is CCC(C)c1cc(OC(C)=O)c([C@@H]2O[C@H](COC(C)=O)C[C@H](OC(C)=O)[C@H]2OC(C)=O)cc1Cc1ccc(/C=C/C(C)(C)C(=O)NC(C)(C)C(=O)O)cc1C. The van der Waals surface area contributed by atoms with Crippen molar-refractivity contribution < 1.29 is 57.6 Å². The molecule has 1 aliphatic heterocycles. The fourth-order valence-electron chi connectivity index (χ4n) is 6.22. The number of hydrogen-bond acceptors (Lipinski definition) is 11. The second kappa shape index (κ2) is 18.5. The first-order chi connectivity index (χ1) is 25.5. The van der Waals surface area contributed by atoms with Crippen LogP contribution >= 0.6 is 0 Å². The van der Waals surface area contributed by atoms with Crippen molar-refractivity contribution in [2.24, 2.45) is 5.41 Å². The van der Waals surface area contributed by atoms with E-state index in [2.05, 4.69) is 19.2 Å². The first kappa shape index (κ1) is 44.4. The molecule has 0 saturated carbocycles. The molecule has 1 heterocycles. The highest BCUT2D eigenvalue weighted by molar-refractivity contribution is 5.90.